The normalized spacial score (nSPS) is 12.0. The predicted molar refractivity (Wildman–Crippen MR) is 98.3 cm³/mol. The Bertz CT molecular complexity index is 424. The average molecular weight is 408 g/mol. The first-order valence-corrected chi connectivity index (χ1v) is 7.44. The lowest BCUT2D eigenvalue weighted by atomic mass is 9.94. The second kappa shape index (κ2) is 10.0. The molecule has 1 rings (SSSR count). The van der Waals surface area contributed by atoms with Gasteiger partial charge in [0.25, 0.3) is 0 Å². The van der Waals surface area contributed by atoms with Gasteiger partial charge in [-0.25, -0.2) is 9.98 Å². The Labute approximate surface area is 145 Å². The van der Waals surface area contributed by atoms with Crippen LogP contribution in [-0.2, 0) is 12.0 Å². The number of hydrogen-bond acceptors (Lipinski definition) is 3. The van der Waals surface area contributed by atoms with Crippen molar-refractivity contribution in [1.29, 1.82) is 0 Å². The molecule has 122 valence electrons. The van der Waals surface area contributed by atoms with Gasteiger partial charge < -0.3 is 15.1 Å². The van der Waals surface area contributed by atoms with Crippen LogP contribution in [0.1, 0.15) is 59.1 Å². The Morgan fingerprint density at radius 2 is 2.00 bits per heavy atom. The Morgan fingerprint density at radius 3 is 2.52 bits per heavy atom. The standard InChI is InChI=1S/C15H28N4O.HI/c1-6-8-9-17-14(16-7-2)19-11-13-18-10-12(20-13)15(3,4)5;/h10H,6-9,11H2,1-5H3,(H2,16,17,19);1H. The van der Waals surface area contributed by atoms with Crippen LogP contribution in [-0.4, -0.2) is 24.0 Å². The number of aliphatic imine (C=N–C) groups is 1. The highest BCUT2D eigenvalue weighted by Gasteiger charge is 2.18. The van der Waals surface area contributed by atoms with E-state index >= 15 is 0 Å². The molecule has 0 unspecified atom stereocenters. The van der Waals surface area contributed by atoms with E-state index in [1.54, 1.807) is 6.20 Å². The third-order valence-corrected chi connectivity index (χ3v) is 2.83. The molecule has 6 heteroatoms. The summed E-state index contributed by atoms with van der Waals surface area (Å²) in [6, 6.07) is 0. The molecule has 0 aromatic carbocycles. The summed E-state index contributed by atoms with van der Waals surface area (Å²) >= 11 is 0. The number of aromatic nitrogens is 1. The number of nitrogens with one attached hydrogen (secondary N) is 2. The zero-order valence-corrected chi connectivity index (χ0v) is 16.2. The lowest BCUT2D eigenvalue weighted by molar-refractivity contribution is 0.383. The van der Waals surface area contributed by atoms with Crippen LogP contribution in [0, 0.1) is 0 Å². The number of guanidine groups is 1. The summed E-state index contributed by atoms with van der Waals surface area (Å²) in [5.41, 5.74) is -0.0150. The van der Waals surface area contributed by atoms with E-state index in [0.29, 0.717) is 12.4 Å². The zero-order chi connectivity index (χ0) is 15.0. The number of rotatable bonds is 6. The van der Waals surface area contributed by atoms with Crippen molar-refractivity contribution in [3.63, 3.8) is 0 Å². The third-order valence-electron chi connectivity index (χ3n) is 2.83. The van der Waals surface area contributed by atoms with Crippen molar-refractivity contribution in [2.75, 3.05) is 13.1 Å². The van der Waals surface area contributed by atoms with E-state index in [1.807, 2.05) is 0 Å². The van der Waals surface area contributed by atoms with Gasteiger partial charge in [-0.2, -0.15) is 0 Å². The number of hydrogen-bond donors (Lipinski definition) is 2. The van der Waals surface area contributed by atoms with Gasteiger partial charge in [0.15, 0.2) is 5.96 Å². The minimum absolute atomic E-state index is 0. The van der Waals surface area contributed by atoms with Gasteiger partial charge in [0.1, 0.15) is 12.3 Å². The van der Waals surface area contributed by atoms with Gasteiger partial charge in [0, 0.05) is 18.5 Å². The van der Waals surface area contributed by atoms with Crippen LogP contribution in [0.4, 0.5) is 0 Å². The van der Waals surface area contributed by atoms with E-state index in [0.717, 1.165) is 31.2 Å². The van der Waals surface area contributed by atoms with Gasteiger partial charge >= 0.3 is 0 Å². The van der Waals surface area contributed by atoms with Crippen LogP contribution in [0.3, 0.4) is 0 Å². The molecule has 1 heterocycles. The molecule has 0 fully saturated rings. The van der Waals surface area contributed by atoms with Crippen molar-refractivity contribution >= 4 is 29.9 Å². The van der Waals surface area contributed by atoms with E-state index in [-0.39, 0.29) is 29.4 Å². The van der Waals surface area contributed by atoms with Crippen molar-refractivity contribution in [2.45, 2.75) is 59.4 Å². The summed E-state index contributed by atoms with van der Waals surface area (Å²) in [5, 5.41) is 6.52. The molecule has 0 saturated carbocycles. The van der Waals surface area contributed by atoms with Crippen LogP contribution in [0.5, 0.6) is 0 Å². The van der Waals surface area contributed by atoms with Crippen molar-refractivity contribution in [1.82, 2.24) is 15.6 Å². The molecular formula is C15H29IN4O. The molecule has 5 nitrogen and oxygen atoms in total. The topological polar surface area (TPSA) is 62.5 Å². The molecule has 0 saturated heterocycles. The maximum Gasteiger partial charge on any atom is 0.216 e. The summed E-state index contributed by atoms with van der Waals surface area (Å²) in [7, 11) is 0. The lowest BCUT2D eigenvalue weighted by Crippen LogP contribution is -2.37. The number of halogens is 1. The lowest BCUT2D eigenvalue weighted by Gasteiger charge is -2.13. The summed E-state index contributed by atoms with van der Waals surface area (Å²) in [6.07, 6.45) is 4.10. The van der Waals surface area contributed by atoms with E-state index in [4.69, 9.17) is 4.42 Å². The van der Waals surface area contributed by atoms with Crippen LogP contribution in [0.15, 0.2) is 15.6 Å². The van der Waals surface area contributed by atoms with Gasteiger partial charge in [0.2, 0.25) is 5.89 Å². The second-order valence-electron chi connectivity index (χ2n) is 5.84. The third kappa shape index (κ3) is 7.68. The van der Waals surface area contributed by atoms with Crippen molar-refractivity contribution in [3.8, 4) is 0 Å². The van der Waals surface area contributed by atoms with Crippen molar-refractivity contribution in [2.24, 2.45) is 4.99 Å². The maximum absolute atomic E-state index is 5.73. The van der Waals surface area contributed by atoms with E-state index in [1.165, 1.54) is 6.42 Å². The molecule has 0 aliphatic rings. The predicted octanol–water partition coefficient (Wildman–Crippen LogP) is 3.45. The summed E-state index contributed by atoms with van der Waals surface area (Å²) < 4.78 is 5.73. The van der Waals surface area contributed by atoms with Crippen molar-refractivity contribution in [3.05, 3.63) is 17.8 Å². The zero-order valence-electron chi connectivity index (χ0n) is 13.8. The molecule has 1 aromatic heterocycles. The fourth-order valence-electron chi connectivity index (χ4n) is 1.60. The SMILES string of the molecule is CCCCNC(=NCc1ncc(C(C)(C)C)o1)NCC.I. The van der Waals surface area contributed by atoms with Crippen LogP contribution < -0.4 is 10.6 Å². The van der Waals surface area contributed by atoms with Gasteiger partial charge in [-0.1, -0.05) is 34.1 Å². The number of oxazole rings is 1. The molecule has 0 amide bonds. The van der Waals surface area contributed by atoms with Crippen molar-refractivity contribution < 1.29 is 4.42 Å². The molecule has 0 atom stereocenters. The Kier molecular flexibility index (Phi) is 9.65. The van der Waals surface area contributed by atoms with Gasteiger partial charge in [-0.3, -0.25) is 0 Å². The monoisotopic (exact) mass is 408 g/mol. The number of unbranched alkanes of at least 4 members (excludes halogenated alkanes) is 1. The highest BCUT2D eigenvalue weighted by molar-refractivity contribution is 14.0. The quantitative estimate of drug-likeness (QED) is 0.328. The molecule has 0 aliphatic heterocycles. The molecule has 0 bridgehead atoms. The van der Waals surface area contributed by atoms with E-state index < -0.39 is 0 Å². The van der Waals surface area contributed by atoms with Crippen LogP contribution in [0.2, 0.25) is 0 Å². The van der Waals surface area contributed by atoms with Gasteiger partial charge in [-0.15, -0.1) is 24.0 Å². The average Bonchev–Trinajstić information content (AvgIpc) is 2.85. The smallest absolute Gasteiger partial charge is 0.216 e. The molecule has 0 aliphatic carbocycles. The largest absolute Gasteiger partial charge is 0.443 e. The van der Waals surface area contributed by atoms with Gasteiger partial charge in [-0.05, 0) is 13.3 Å². The summed E-state index contributed by atoms with van der Waals surface area (Å²) in [4.78, 5) is 8.77. The highest BCUT2D eigenvalue weighted by atomic mass is 127. The minimum Gasteiger partial charge on any atom is -0.443 e. The molecule has 2 N–H and O–H groups in total. The fraction of sp³-hybridized carbons (Fsp3) is 0.733. The molecule has 0 radical (unpaired) electrons. The summed E-state index contributed by atoms with van der Waals surface area (Å²) in [6.45, 7) is 12.8. The van der Waals surface area contributed by atoms with Crippen LogP contribution >= 0.6 is 24.0 Å². The fourth-order valence-corrected chi connectivity index (χ4v) is 1.60. The summed E-state index contributed by atoms with van der Waals surface area (Å²) in [5.74, 6) is 2.37. The first kappa shape index (κ1) is 20.2. The minimum atomic E-state index is -0.0150. The van der Waals surface area contributed by atoms with Gasteiger partial charge in [0.05, 0.1) is 6.20 Å². The molecule has 0 spiro atoms. The first-order valence-electron chi connectivity index (χ1n) is 7.44. The number of nitrogens with zero attached hydrogens (tertiary/aromatic N) is 2. The van der Waals surface area contributed by atoms with E-state index in [9.17, 15) is 0 Å². The molecule has 21 heavy (non-hydrogen) atoms. The molecule has 1 aromatic rings. The Hall–Kier alpha value is -0.790. The maximum atomic E-state index is 5.73. The first-order chi connectivity index (χ1) is 9.47. The highest BCUT2D eigenvalue weighted by Crippen LogP contribution is 2.22. The molecular weight excluding hydrogens is 379 g/mol. The Balaban J connectivity index is 0.00000400. The second-order valence-corrected chi connectivity index (χ2v) is 5.84. The Morgan fingerprint density at radius 1 is 1.29 bits per heavy atom. The van der Waals surface area contributed by atoms with Crippen LogP contribution in [0.25, 0.3) is 0 Å². The van der Waals surface area contributed by atoms with E-state index in [2.05, 4.69) is 55.2 Å².